The number of esters is 1. The molecule has 0 radical (unpaired) electrons. The number of nitrogens with one attached hydrogen (secondary N) is 1. The fourth-order valence-electron chi connectivity index (χ4n) is 3.50. The summed E-state index contributed by atoms with van der Waals surface area (Å²) in [7, 11) is 1.53. The minimum absolute atomic E-state index is 0.246. The van der Waals surface area contributed by atoms with Crippen LogP contribution in [0, 0.1) is 6.92 Å². The van der Waals surface area contributed by atoms with Crippen molar-refractivity contribution in [2.75, 3.05) is 7.11 Å². The van der Waals surface area contributed by atoms with Crippen LogP contribution in [0.15, 0.2) is 39.5 Å². The lowest BCUT2D eigenvalue weighted by Crippen LogP contribution is -2.45. The molecule has 1 aromatic heterocycles. The van der Waals surface area contributed by atoms with Gasteiger partial charge >= 0.3 is 17.7 Å². The molecule has 2 aromatic carbocycles. The van der Waals surface area contributed by atoms with Gasteiger partial charge in [-0.25, -0.2) is 14.4 Å². The fraction of sp³-hybridized carbons (Fsp3) is 0.400. The molecule has 176 valence electrons. The Hall–Kier alpha value is -3.55. The quantitative estimate of drug-likeness (QED) is 0.245. The standard InChI is InChI=1S/C25H29NO7/c1-7-8-19(26-24(29)33-25(3,4)5)23(28)31-20-12-11-17-16-10-9-15(30-6)13-18(16)22(27)32-21(17)14(20)2/h9-13,19H,7-8H2,1-6H3,(H,26,29). The Morgan fingerprint density at radius 3 is 2.42 bits per heavy atom. The molecule has 1 unspecified atom stereocenters. The van der Waals surface area contributed by atoms with Crippen molar-refractivity contribution in [2.45, 2.75) is 59.1 Å². The first kappa shape index (κ1) is 24.1. The molecule has 0 spiro atoms. The van der Waals surface area contributed by atoms with Crippen LogP contribution in [0.25, 0.3) is 21.7 Å². The molecule has 0 aliphatic carbocycles. The van der Waals surface area contributed by atoms with Gasteiger partial charge in [0, 0.05) is 16.3 Å². The normalized spacial score (nSPS) is 12.4. The summed E-state index contributed by atoms with van der Waals surface area (Å²) in [4.78, 5) is 37.6. The smallest absolute Gasteiger partial charge is 0.408 e. The highest BCUT2D eigenvalue weighted by molar-refractivity contribution is 6.06. The van der Waals surface area contributed by atoms with E-state index in [4.69, 9.17) is 18.6 Å². The maximum Gasteiger partial charge on any atom is 0.408 e. The van der Waals surface area contributed by atoms with E-state index < -0.39 is 29.3 Å². The van der Waals surface area contributed by atoms with Crippen molar-refractivity contribution in [1.29, 1.82) is 0 Å². The molecule has 3 rings (SSSR count). The van der Waals surface area contributed by atoms with E-state index in [0.29, 0.717) is 45.9 Å². The van der Waals surface area contributed by atoms with Crippen molar-refractivity contribution >= 4 is 33.8 Å². The van der Waals surface area contributed by atoms with Crippen molar-refractivity contribution in [1.82, 2.24) is 5.32 Å². The third kappa shape index (κ3) is 5.45. The molecule has 3 aromatic rings. The van der Waals surface area contributed by atoms with E-state index >= 15 is 0 Å². The van der Waals surface area contributed by atoms with Crippen molar-refractivity contribution < 1.29 is 28.2 Å². The zero-order valence-corrected chi connectivity index (χ0v) is 19.7. The predicted octanol–water partition coefficient (Wildman–Crippen LogP) is 4.86. The number of benzene rings is 2. The van der Waals surface area contributed by atoms with Gasteiger partial charge in [-0.15, -0.1) is 0 Å². The van der Waals surface area contributed by atoms with Crippen LogP contribution in [0.1, 0.15) is 46.1 Å². The summed E-state index contributed by atoms with van der Waals surface area (Å²) in [6.45, 7) is 8.83. The van der Waals surface area contributed by atoms with Crippen LogP contribution in [-0.4, -0.2) is 30.8 Å². The van der Waals surface area contributed by atoms with Crippen LogP contribution in [0.3, 0.4) is 0 Å². The highest BCUT2D eigenvalue weighted by Crippen LogP contribution is 2.32. The lowest BCUT2D eigenvalue weighted by Gasteiger charge is -2.23. The zero-order chi connectivity index (χ0) is 24.3. The minimum atomic E-state index is -0.879. The summed E-state index contributed by atoms with van der Waals surface area (Å²) in [5.74, 6) is 0.171. The van der Waals surface area contributed by atoms with Crippen molar-refractivity contribution in [3.63, 3.8) is 0 Å². The molecule has 0 aliphatic rings. The largest absolute Gasteiger partial charge is 0.497 e. The molecule has 8 nitrogen and oxygen atoms in total. The Labute approximate surface area is 191 Å². The van der Waals surface area contributed by atoms with Gasteiger partial charge in [-0.05, 0) is 64.4 Å². The summed E-state index contributed by atoms with van der Waals surface area (Å²) in [5.41, 5.74) is -0.374. The lowest BCUT2D eigenvalue weighted by atomic mass is 10.0. The topological polar surface area (TPSA) is 104 Å². The first-order valence-corrected chi connectivity index (χ1v) is 10.8. The summed E-state index contributed by atoms with van der Waals surface area (Å²) < 4.78 is 21.6. The molecule has 0 bridgehead atoms. The van der Waals surface area contributed by atoms with Crippen LogP contribution in [0.4, 0.5) is 4.79 Å². The molecule has 0 fully saturated rings. The summed E-state index contributed by atoms with van der Waals surface area (Å²) in [6, 6.07) is 7.69. The monoisotopic (exact) mass is 455 g/mol. The molecule has 1 amide bonds. The maximum absolute atomic E-state index is 12.8. The van der Waals surface area contributed by atoms with Gasteiger partial charge in [-0.2, -0.15) is 0 Å². The third-order valence-corrected chi connectivity index (χ3v) is 5.05. The molecule has 33 heavy (non-hydrogen) atoms. The first-order valence-electron chi connectivity index (χ1n) is 10.8. The van der Waals surface area contributed by atoms with Gasteiger partial charge in [-0.3, -0.25) is 0 Å². The van der Waals surface area contributed by atoms with Crippen LogP contribution < -0.4 is 20.4 Å². The SMILES string of the molecule is CCCC(NC(=O)OC(C)(C)C)C(=O)Oc1ccc2c(oc(=O)c3cc(OC)ccc32)c1C. The molecule has 1 atom stereocenters. The van der Waals surface area contributed by atoms with Gasteiger partial charge in [0.15, 0.2) is 0 Å². The van der Waals surface area contributed by atoms with E-state index in [1.807, 2.05) is 6.92 Å². The summed E-state index contributed by atoms with van der Waals surface area (Å²) in [6.07, 6.45) is 0.337. The highest BCUT2D eigenvalue weighted by Gasteiger charge is 2.26. The lowest BCUT2D eigenvalue weighted by molar-refractivity contribution is -0.137. The molecular formula is C25H29NO7. The number of alkyl carbamates (subject to hydrolysis) is 1. The zero-order valence-electron chi connectivity index (χ0n) is 19.7. The number of methoxy groups -OCH3 is 1. The number of carbonyl (C=O) groups is 2. The number of ether oxygens (including phenoxy) is 3. The summed E-state index contributed by atoms with van der Waals surface area (Å²) >= 11 is 0. The Morgan fingerprint density at radius 1 is 1.09 bits per heavy atom. The van der Waals surface area contributed by atoms with Crippen LogP contribution in [-0.2, 0) is 9.53 Å². The number of rotatable bonds is 6. The second-order valence-electron chi connectivity index (χ2n) is 8.78. The third-order valence-electron chi connectivity index (χ3n) is 5.05. The minimum Gasteiger partial charge on any atom is -0.497 e. The summed E-state index contributed by atoms with van der Waals surface area (Å²) in [5, 5.41) is 4.39. The van der Waals surface area contributed by atoms with Crippen LogP contribution >= 0.6 is 0 Å². The number of hydrogen-bond donors (Lipinski definition) is 1. The molecule has 1 N–H and O–H groups in total. The van der Waals surface area contributed by atoms with Crippen LogP contribution in [0.5, 0.6) is 11.5 Å². The van der Waals surface area contributed by atoms with Crippen molar-refractivity contribution in [3.8, 4) is 11.5 Å². The molecule has 0 aliphatic heterocycles. The Bertz CT molecular complexity index is 1250. The van der Waals surface area contributed by atoms with Gasteiger partial charge in [0.25, 0.3) is 0 Å². The Kier molecular flexibility index (Phi) is 6.95. The molecular weight excluding hydrogens is 426 g/mol. The van der Waals surface area contributed by atoms with E-state index in [-0.39, 0.29) is 5.75 Å². The molecule has 1 heterocycles. The highest BCUT2D eigenvalue weighted by atomic mass is 16.6. The van der Waals surface area contributed by atoms with Crippen LogP contribution in [0.2, 0.25) is 0 Å². The Balaban J connectivity index is 1.92. The van der Waals surface area contributed by atoms with Gasteiger partial charge in [-0.1, -0.05) is 13.3 Å². The molecule has 0 saturated heterocycles. The van der Waals surface area contributed by atoms with Crippen molar-refractivity contribution in [3.05, 3.63) is 46.3 Å². The fourth-order valence-corrected chi connectivity index (χ4v) is 3.50. The molecule has 0 saturated carbocycles. The van der Waals surface area contributed by atoms with Gasteiger partial charge in [0.05, 0.1) is 12.5 Å². The average molecular weight is 456 g/mol. The number of hydrogen-bond acceptors (Lipinski definition) is 7. The van der Waals surface area contributed by atoms with E-state index in [2.05, 4.69) is 5.32 Å². The predicted molar refractivity (Wildman–Crippen MR) is 125 cm³/mol. The van der Waals surface area contributed by atoms with E-state index in [9.17, 15) is 14.4 Å². The van der Waals surface area contributed by atoms with Gasteiger partial charge in [0.1, 0.15) is 28.7 Å². The number of aryl methyl sites for hydroxylation is 1. The van der Waals surface area contributed by atoms with Gasteiger partial charge < -0.3 is 23.9 Å². The Morgan fingerprint density at radius 2 is 1.79 bits per heavy atom. The van der Waals surface area contributed by atoms with Crippen molar-refractivity contribution in [2.24, 2.45) is 0 Å². The van der Waals surface area contributed by atoms with E-state index in [1.165, 1.54) is 7.11 Å². The first-order chi connectivity index (χ1) is 15.5. The molecule has 8 heteroatoms. The number of fused-ring (bicyclic) bond motifs is 3. The number of carbonyl (C=O) groups excluding carboxylic acids is 2. The number of amides is 1. The van der Waals surface area contributed by atoms with E-state index in [0.717, 1.165) is 0 Å². The second-order valence-corrected chi connectivity index (χ2v) is 8.78. The average Bonchev–Trinajstić information content (AvgIpc) is 2.74. The maximum atomic E-state index is 12.8. The van der Waals surface area contributed by atoms with E-state index in [1.54, 1.807) is 58.0 Å². The second kappa shape index (κ2) is 9.52. The van der Waals surface area contributed by atoms with Gasteiger partial charge in [0.2, 0.25) is 0 Å².